The number of hydrogen-bond acceptors (Lipinski definition) is 3. The predicted molar refractivity (Wildman–Crippen MR) is 83.5 cm³/mol. The van der Waals surface area contributed by atoms with Gasteiger partial charge in [-0.3, -0.25) is 0 Å². The molecule has 0 fully saturated rings. The molecular weight excluding hydrogens is 276 g/mol. The van der Waals surface area contributed by atoms with Crippen molar-refractivity contribution in [1.82, 2.24) is 0 Å². The van der Waals surface area contributed by atoms with Gasteiger partial charge in [-0.2, -0.15) is 0 Å². The minimum absolute atomic E-state index is 0.375. The number of cyclic esters (lactones) is 1. The first-order chi connectivity index (χ1) is 10.7. The summed E-state index contributed by atoms with van der Waals surface area (Å²) in [5.41, 5.74) is 2.02. The number of carbonyl (C=O) groups excluding carboxylic acids is 1. The van der Waals surface area contributed by atoms with E-state index in [1.165, 1.54) is 0 Å². The summed E-state index contributed by atoms with van der Waals surface area (Å²) in [6, 6.07) is 21.0. The summed E-state index contributed by atoms with van der Waals surface area (Å²) >= 11 is 0. The first-order valence-electron chi connectivity index (χ1n) is 7.21. The second-order valence-electron chi connectivity index (χ2n) is 5.46. The Balaban J connectivity index is 1.75. The first-order valence-corrected chi connectivity index (χ1v) is 7.21. The fourth-order valence-corrected chi connectivity index (χ4v) is 2.97. The van der Waals surface area contributed by atoms with E-state index in [-0.39, 0.29) is 5.97 Å². The van der Waals surface area contributed by atoms with Gasteiger partial charge < -0.3 is 9.84 Å². The van der Waals surface area contributed by atoms with Gasteiger partial charge in [0.2, 0.25) is 0 Å². The summed E-state index contributed by atoms with van der Waals surface area (Å²) in [6.45, 7) is 0. The van der Waals surface area contributed by atoms with Gasteiger partial charge in [0.25, 0.3) is 0 Å². The third-order valence-corrected chi connectivity index (χ3v) is 4.12. The molecule has 1 N–H and O–H groups in total. The Morgan fingerprint density at radius 3 is 2.50 bits per heavy atom. The van der Waals surface area contributed by atoms with Crippen LogP contribution in [0.4, 0.5) is 0 Å². The number of aliphatic hydroxyl groups is 1. The number of fused-ring (bicyclic) bond motifs is 2. The van der Waals surface area contributed by atoms with Gasteiger partial charge in [0.15, 0.2) is 6.10 Å². The van der Waals surface area contributed by atoms with Crippen LogP contribution < -0.4 is 0 Å². The largest absolute Gasteiger partial charge is 0.451 e. The normalized spacial score (nSPS) is 18.0. The number of hydrogen-bond donors (Lipinski definition) is 1. The number of ether oxygens (including phenoxy) is 1. The lowest BCUT2D eigenvalue weighted by Gasteiger charge is -2.19. The highest BCUT2D eigenvalue weighted by Crippen LogP contribution is 2.39. The maximum Gasteiger partial charge on any atom is 0.339 e. The Hall–Kier alpha value is -2.65. The lowest BCUT2D eigenvalue weighted by Crippen LogP contribution is -2.10. The van der Waals surface area contributed by atoms with E-state index in [2.05, 4.69) is 0 Å². The number of esters is 1. The molecule has 0 saturated carbocycles. The summed E-state index contributed by atoms with van der Waals surface area (Å²) in [5, 5.41) is 12.8. The molecule has 3 nitrogen and oxygen atoms in total. The maximum absolute atomic E-state index is 11.9. The molecule has 0 spiro atoms. The molecule has 3 aromatic carbocycles. The lowest BCUT2D eigenvalue weighted by atomic mass is 9.95. The molecule has 0 saturated heterocycles. The second-order valence-corrected chi connectivity index (χ2v) is 5.46. The average molecular weight is 290 g/mol. The van der Waals surface area contributed by atoms with Gasteiger partial charge in [-0.1, -0.05) is 54.6 Å². The molecule has 22 heavy (non-hydrogen) atoms. The smallest absolute Gasteiger partial charge is 0.339 e. The van der Waals surface area contributed by atoms with Crippen molar-refractivity contribution in [1.29, 1.82) is 0 Å². The van der Waals surface area contributed by atoms with Crippen LogP contribution in [0.1, 0.15) is 33.7 Å². The van der Waals surface area contributed by atoms with Crippen molar-refractivity contribution in [2.24, 2.45) is 0 Å². The van der Waals surface area contributed by atoms with Crippen LogP contribution in [-0.2, 0) is 4.74 Å². The van der Waals surface area contributed by atoms with Gasteiger partial charge in [-0.15, -0.1) is 0 Å². The molecule has 0 aromatic heterocycles. The molecular formula is C19H14O3. The van der Waals surface area contributed by atoms with E-state index in [0.29, 0.717) is 5.56 Å². The maximum atomic E-state index is 11.9. The molecule has 2 atom stereocenters. The van der Waals surface area contributed by atoms with E-state index < -0.39 is 12.2 Å². The highest BCUT2D eigenvalue weighted by Gasteiger charge is 2.36. The molecule has 3 heteroatoms. The molecule has 0 unspecified atom stereocenters. The zero-order chi connectivity index (χ0) is 15.1. The third kappa shape index (κ3) is 1.98. The van der Waals surface area contributed by atoms with Gasteiger partial charge >= 0.3 is 5.97 Å². The first kappa shape index (κ1) is 13.0. The minimum Gasteiger partial charge on any atom is -0.451 e. The second kappa shape index (κ2) is 4.97. The highest BCUT2D eigenvalue weighted by atomic mass is 16.6. The molecule has 0 aliphatic carbocycles. The van der Waals surface area contributed by atoms with Crippen LogP contribution >= 0.6 is 0 Å². The fraction of sp³-hybridized carbons (Fsp3) is 0.105. The molecule has 1 aliphatic rings. The molecule has 108 valence electrons. The van der Waals surface area contributed by atoms with Crippen LogP contribution in [0.15, 0.2) is 66.7 Å². The van der Waals surface area contributed by atoms with Crippen LogP contribution in [-0.4, -0.2) is 11.1 Å². The molecule has 4 rings (SSSR count). The molecule has 1 heterocycles. The van der Waals surface area contributed by atoms with Crippen molar-refractivity contribution >= 4 is 16.7 Å². The summed E-state index contributed by atoms with van der Waals surface area (Å²) in [6.07, 6.45) is -1.53. The molecule has 1 aliphatic heterocycles. The van der Waals surface area contributed by atoms with E-state index in [9.17, 15) is 9.90 Å². The van der Waals surface area contributed by atoms with Crippen LogP contribution in [0.3, 0.4) is 0 Å². The van der Waals surface area contributed by atoms with Crippen molar-refractivity contribution in [3.8, 4) is 0 Å². The van der Waals surface area contributed by atoms with Gasteiger partial charge in [-0.05, 0) is 28.5 Å². The zero-order valence-corrected chi connectivity index (χ0v) is 11.8. The van der Waals surface area contributed by atoms with Gasteiger partial charge in [0.1, 0.15) is 6.10 Å². The summed E-state index contributed by atoms with van der Waals surface area (Å²) in [4.78, 5) is 11.9. The number of carbonyl (C=O) groups is 1. The Kier molecular flexibility index (Phi) is 2.94. The molecule has 0 radical (unpaired) electrons. The van der Waals surface area contributed by atoms with Crippen LogP contribution in [0.5, 0.6) is 0 Å². The average Bonchev–Trinajstić information content (AvgIpc) is 2.91. The van der Waals surface area contributed by atoms with E-state index in [1.54, 1.807) is 12.1 Å². The van der Waals surface area contributed by atoms with Gasteiger partial charge in [0, 0.05) is 5.56 Å². The Bertz CT molecular complexity index is 869. The van der Waals surface area contributed by atoms with Crippen molar-refractivity contribution < 1.29 is 14.6 Å². The quantitative estimate of drug-likeness (QED) is 0.730. The molecule has 0 bridgehead atoms. The number of rotatable bonds is 2. The van der Waals surface area contributed by atoms with Crippen molar-refractivity contribution in [2.45, 2.75) is 12.2 Å². The molecule has 0 amide bonds. The Labute approximate surface area is 127 Å². The highest BCUT2D eigenvalue weighted by molar-refractivity contribution is 5.94. The summed E-state index contributed by atoms with van der Waals surface area (Å²) in [7, 11) is 0. The number of benzene rings is 3. The fourth-order valence-electron chi connectivity index (χ4n) is 2.97. The third-order valence-electron chi connectivity index (χ3n) is 4.12. The lowest BCUT2D eigenvalue weighted by molar-refractivity contribution is -0.0102. The monoisotopic (exact) mass is 290 g/mol. The van der Waals surface area contributed by atoms with E-state index in [4.69, 9.17) is 4.74 Å². The van der Waals surface area contributed by atoms with Crippen LogP contribution in [0.2, 0.25) is 0 Å². The van der Waals surface area contributed by atoms with E-state index >= 15 is 0 Å². The SMILES string of the molecule is O=C1O[C@@H]([C@@H](O)c2ccc3ccccc3c2)c2ccccc21. The standard InChI is InChI=1S/C19H14O3/c20-17(14-10-9-12-5-1-2-6-13(12)11-14)18-15-7-3-4-8-16(15)19(21)22-18/h1-11,17-18,20H/t17-,18+/m0/s1. The van der Waals surface area contributed by atoms with E-state index in [1.807, 2.05) is 54.6 Å². The van der Waals surface area contributed by atoms with Crippen molar-refractivity contribution in [2.75, 3.05) is 0 Å². The zero-order valence-electron chi connectivity index (χ0n) is 11.8. The summed E-state index contributed by atoms with van der Waals surface area (Å²) in [5.74, 6) is -0.375. The molecule has 3 aromatic rings. The Morgan fingerprint density at radius 2 is 1.64 bits per heavy atom. The predicted octanol–water partition coefficient (Wildman–Crippen LogP) is 3.78. The van der Waals surface area contributed by atoms with E-state index in [0.717, 1.165) is 21.9 Å². The van der Waals surface area contributed by atoms with Gasteiger partial charge in [-0.25, -0.2) is 4.79 Å². The van der Waals surface area contributed by atoms with Crippen molar-refractivity contribution in [3.63, 3.8) is 0 Å². The number of aliphatic hydroxyl groups excluding tert-OH is 1. The van der Waals surface area contributed by atoms with Crippen molar-refractivity contribution in [3.05, 3.63) is 83.4 Å². The summed E-state index contributed by atoms with van der Waals surface area (Å²) < 4.78 is 5.37. The van der Waals surface area contributed by atoms with Gasteiger partial charge in [0.05, 0.1) is 5.56 Å². The minimum atomic E-state index is -0.878. The van der Waals surface area contributed by atoms with Crippen LogP contribution in [0.25, 0.3) is 10.8 Å². The Morgan fingerprint density at radius 1 is 0.909 bits per heavy atom. The van der Waals surface area contributed by atoms with Crippen LogP contribution in [0, 0.1) is 0 Å². The topological polar surface area (TPSA) is 46.5 Å².